The van der Waals surface area contributed by atoms with Crippen molar-refractivity contribution >= 4 is 16.1 Å². The topological polar surface area (TPSA) is 114 Å². The molecule has 0 saturated carbocycles. The third-order valence-corrected chi connectivity index (χ3v) is 8.90. The highest BCUT2D eigenvalue weighted by Crippen LogP contribution is 2.42. The summed E-state index contributed by atoms with van der Waals surface area (Å²) in [6, 6.07) is 3.39. The number of rotatable bonds is 4. The van der Waals surface area contributed by atoms with E-state index < -0.39 is 22.4 Å². The molecule has 3 N–H and O–H groups in total. The van der Waals surface area contributed by atoms with Crippen LogP contribution in [0, 0.1) is 0 Å². The Morgan fingerprint density at radius 2 is 1.69 bits per heavy atom. The van der Waals surface area contributed by atoms with Gasteiger partial charge in [0.2, 0.25) is 0 Å². The molecular weight excluding hydrogens is 446 g/mol. The molecule has 0 radical (unpaired) electrons. The van der Waals surface area contributed by atoms with Crippen molar-refractivity contribution in [2.24, 2.45) is 5.73 Å². The monoisotopic (exact) mass is 472 g/mol. The molecular formula is C20H26F2N4O5S. The van der Waals surface area contributed by atoms with E-state index in [2.05, 4.69) is 14.8 Å². The van der Waals surface area contributed by atoms with Crippen molar-refractivity contribution in [2.75, 3.05) is 13.1 Å². The van der Waals surface area contributed by atoms with Crippen molar-refractivity contribution in [3.8, 4) is 11.5 Å². The lowest BCUT2D eigenvalue weighted by atomic mass is 9.99. The van der Waals surface area contributed by atoms with Gasteiger partial charge in [0.15, 0.2) is 11.5 Å². The molecule has 1 amide bonds. The molecule has 3 saturated heterocycles. The van der Waals surface area contributed by atoms with E-state index in [0.717, 1.165) is 12.8 Å². The van der Waals surface area contributed by atoms with Gasteiger partial charge in [-0.25, -0.2) is 0 Å². The normalized spacial score (nSPS) is 30.4. The average molecular weight is 473 g/mol. The van der Waals surface area contributed by atoms with E-state index in [9.17, 15) is 22.0 Å². The summed E-state index contributed by atoms with van der Waals surface area (Å²) in [7, 11) is -3.57. The van der Waals surface area contributed by atoms with Gasteiger partial charge in [0.05, 0.1) is 0 Å². The number of hydrogen-bond acceptors (Lipinski definition) is 6. The van der Waals surface area contributed by atoms with Gasteiger partial charge in [-0.3, -0.25) is 4.79 Å². The number of carbonyl (C=O) groups is 1. The van der Waals surface area contributed by atoms with E-state index in [0.29, 0.717) is 38.8 Å². The number of carbonyl (C=O) groups excluding carboxylic acids is 1. The molecule has 3 fully saturated rings. The number of nitrogens with one attached hydrogen (secondary N) is 1. The summed E-state index contributed by atoms with van der Waals surface area (Å²) in [6.45, 7) is 0.867. The third-order valence-electron chi connectivity index (χ3n) is 6.76. The molecule has 1 aromatic carbocycles. The van der Waals surface area contributed by atoms with Gasteiger partial charge in [-0.15, -0.1) is 8.78 Å². The second-order valence-electron chi connectivity index (χ2n) is 8.93. The van der Waals surface area contributed by atoms with Crippen LogP contribution in [0.15, 0.2) is 18.2 Å². The maximum atomic E-state index is 13.3. The van der Waals surface area contributed by atoms with Crippen LogP contribution in [-0.2, 0) is 10.2 Å². The van der Waals surface area contributed by atoms with Gasteiger partial charge in [-0.1, -0.05) is 0 Å². The number of benzene rings is 1. The van der Waals surface area contributed by atoms with Crippen molar-refractivity contribution in [2.45, 2.75) is 69.0 Å². The Morgan fingerprint density at radius 1 is 1.06 bits per heavy atom. The average Bonchev–Trinajstić information content (AvgIpc) is 3.19. The number of amides is 1. The molecule has 12 heteroatoms. The predicted octanol–water partition coefficient (Wildman–Crippen LogP) is 1.40. The highest BCUT2D eigenvalue weighted by molar-refractivity contribution is 7.86. The lowest BCUT2D eigenvalue weighted by molar-refractivity contribution is -0.286. The van der Waals surface area contributed by atoms with Gasteiger partial charge < -0.3 is 20.5 Å². The highest BCUT2D eigenvalue weighted by atomic mass is 32.2. The number of nitrogens with two attached hydrogens (primary N) is 1. The first-order valence-electron chi connectivity index (χ1n) is 10.9. The van der Waals surface area contributed by atoms with Crippen molar-refractivity contribution in [1.82, 2.24) is 13.9 Å². The number of fused-ring (bicyclic) bond motifs is 3. The van der Waals surface area contributed by atoms with Gasteiger partial charge in [-0.05, 0) is 56.7 Å². The highest BCUT2D eigenvalue weighted by Gasteiger charge is 2.49. The molecule has 0 aliphatic carbocycles. The summed E-state index contributed by atoms with van der Waals surface area (Å²) < 4.78 is 64.9. The summed E-state index contributed by atoms with van der Waals surface area (Å²) in [5.74, 6) is -0.732. The van der Waals surface area contributed by atoms with E-state index >= 15 is 0 Å². The Bertz CT molecular complexity index is 1000. The van der Waals surface area contributed by atoms with Gasteiger partial charge in [0.25, 0.3) is 16.1 Å². The van der Waals surface area contributed by atoms with Crippen molar-refractivity contribution < 1.29 is 31.5 Å². The largest absolute Gasteiger partial charge is 0.586 e. The molecule has 0 unspecified atom stereocenters. The Morgan fingerprint density at radius 3 is 2.34 bits per heavy atom. The van der Waals surface area contributed by atoms with E-state index in [-0.39, 0.29) is 41.2 Å². The van der Waals surface area contributed by atoms with Crippen LogP contribution in [0.5, 0.6) is 11.5 Å². The molecule has 32 heavy (non-hydrogen) atoms. The van der Waals surface area contributed by atoms with Crippen molar-refractivity contribution in [3.63, 3.8) is 0 Å². The lowest BCUT2D eigenvalue weighted by Gasteiger charge is -2.41. The lowest BCUT2D eigenvalue weighted by Crippen LogP contribution is -2.57. The molecule has 0 aromatic heterocycles. The first-order chi connectivity index (χ1) is 15.1. The quantitative estimate of drug-likeness (QED) is 0.685. The number of ether oxygens (including phenoxy) is 2. The van der Waals surface area contributed by atoms with Gasteiger partial charge in [0.1, 0.15) is 0 Å². The molecule has 4 aliphatic rings. The molecule has 0 spiro atoms. The minimum Gasteiger partial charge on any atom is -0.395 e. The van der Waals surface area contributed by atoms with E-state index in [4.69, 9.17) is 5.73 Å². The van der Waals surface area contributed by atoms with E-state index in [1.165, 1.54) is 22.5 Å². The molecule has 4 heterocycles. The minimum atomic E-state index is -3.74. The van der Waals surface area contributed by atoms with Crippen LogP contribution in [0.4, 0.5) is 8.78 Å². The Balaban J connectivity index is 1.24. The zero-order valence-corrected chi connectivity index (χ0v) is 18.2. The van der Waals surface area contributed by atoms with Crippen LogP contribution >= 0.6 is 0 Å². The summed E-state index contributed by atoms with van der Waals surface area (Å²) in [5, 5.41) is 2.93. The van der Waals surface area contributed by atoms with E-state index in [1.54, 1.807) is 4.31 Å². The maximum Gasteiger partial charge on any atom is 0.586 e. The molecule has 2 bridgehead atoms. The summed E-state index contributed by atoms with van der Waals surface area (Å²) in [5.41, 5.74) is 6.09. The number of alkyl halides is 2. The van der Waals surface area contributed by atoms with Crippen LogP contribution in [0.2, 0.25) is 0 Å². The molecule has 9 nitrogen and oxygen atoms in total. The van der Waals surface area contributed by atoms with Gasteiger partial charge >= 0.3 is 6.29 Å². The van der Waals surface area contributed by atoms with Crippen LogP contribution in [0.3, 0.4) is 0 Å². The maximum absolute atomic E-state index is 13.3. The van der Waals surface area contributed by atoms with Crippen LogP contribution in [0.1, 0.15) is 48.9 Å². The Labute approximate surface area is 185 Å². The molecule has 176 valence electrons. The fourth-order valence-corrected chi connectivity index (χ4v) is 7.30. The number of piperidine rings is 2. The first kappa shape index (κ1) is 21.8. The van der Waals surface area contributed by atoms with Crippen LogP contribution < -0.4 is 20.5 Å². The second kappa shape index (κ2) is 7.79. The smallest absolute Gasteiger partial charge is 0.395 e. The first-order valence-corrected chi connectivity index (χ1v) is 12.3. The Hall–Kier alpha value is -2.02. The standard InChI is InChI=1S/C20H26F2N4O5S/c21-20(22)30-17-4-1-12(9-18(17)31-20)19(27)24-14-10-15-2-3-16(11-14)26(15)32(28,29)25-7-5-13(23)6-8-25/h1,4,9,13-16H,2-3,5-8,10-11,23H2,(H,24,27)/t14-,15-,16+. The van der Waals surface area contributed by atoms with Crippen LogP contribution in [0.25, 0.3) is 0 Å². The van der Waals surface area contributed by atoms with Gasteiger partial charge in [0, 0.05) is 42.8 Å². The van der Waals surface area contributed by atoms with Gasteiger partial charge in [-0.2, -0.15) is 17.0 Å². The molecule has 4 aliphatic heterocycles. The van der Waals surface area contributed by atoms with Crippen LogP contribution in [-0.4, -0.2) is 66.5 Å². The van der Waals surface area contributed by atoms with Crippen molar-refractivity contribution in [1.29, 1.82) is 0 Å². The number of hydrogen-bond donors (Lipinski definition) is 2. The number of nitrogens with zero attached hydrogens (tertiary/aromatic N) is 2. The predicted molar refractivity (Wildman–Crippen MR) is 109 cm³/mol. The fraction of sp³-hybridized carbons (Fsp3) is 0.650. The third kappa shape index (κ3) is 3.93. The Kier molecular flexibility index (Phi) is 5.31. The SMILES string of the molecule is NC1CCN(S(=O)(=O)N2[C@@H]3CC[C@H]2C[C@H](NC(=O)c2ccc4c(c2)OC(F)(F)O4)C3)CC1. The molecule has 3 atom stereocenters. The zero-order valence-electron chi connectivity index (χ0n) is 17.4. The minimum absolute atomic E-state index is 0.0431. The molecule has 5 rings (SSSR count). The van der Waals surface area contributed by atoms with E-state index in [1.807, 2.05) is 0 Å². The second-order valence-corrected chi connectivity index (χ2v) is 10.8. The van der Waals surface area contributed by atoms with Crippen molar-refractivity contribution in [3.05, 3.63) is 23.8 Å². The fourth-order valence-electron chi connectivity index (χ4n) is 5.23. The number of halogens is 2. The summed E-state index contributed by atoms with van der Waals surface area (Å²) in [6.07, 6.45) is 0.0970. The summed E-state index contributed by atoms with van der Waals surface area (Å²) >= 11 is 0. The zero-order chi connectivity index (χ0) is 22.7. The molecule has 1 aromatic rings. The summed E-state index contributed by atoms with van der Waals surface area (Å²) in [4.78, 5) is 12.7.